The summed E-state index contributed by atoms with van der Waals surface area (Å²) in [6, 6.07) is 0. The van der Waals surface area contributed by atoms with Gasteiger partial charge in [0.1, 0.15) is 0 Å². The van der Waals surface area contributed by atoms with Crippen LogP contribution >= 0.6 is 0 Å². The monoisotopic (exact) mass is 154 g/mol. The lowest BCUT2D eigenvalue weighted by Gasteiger charge is -2.11. The second kappa shape index (κ2) is 5.16. The Morgan fingerprint density at radius 2 is 1.82 bits per heavy atom. The second-order valence-electron chi connectivity index (χ2n) is 3.34. The third-order valence-corrected chi connectivity index (χ3v) is 2.44. The van der Waals surface area contributed by atoms with Crippen LogP contribution in [0.25, 0.3) is 0 Å². The van der Waals surface area contributed by atoms with Crippen molar-refractivity contribution in [1.29, 1.82) is 0 Å². The molecule has 1 saturated carbocycles. The molecule has 2 nitrogen and oxygen atoms in total. The molecule has 1 amide bonds. The van der Waals surface area contributed by atoms with E-state index in [4.69, 9.17) is 0 Å². The standard InChI is InChI=1S/C9H16NO/c11-8-10-7-9-5-3-1-2-4-6-9/h9H,1-7H2,(H,10,11). The maximum Gasteiger partial charge on any atom is 0.309 e. The molecule has 1 radical (unpaired) electrons. The first-order chi connectivity index (χ1) is 5.43. The van der Waals surface area contributed by atoms with Crippen LogP contribution in [-0.2, 0) is 4.79 Å². The molecule has 0 heterocycles. The van der Waals surface area contributed by atoms with Gasteiger partial charge >= 0.3 is 6.41 Å². The first-order valence-electron chi connectivity index (χ1n) is 4.53. The number of carbonyl (C=O) groups excluding carboxylic acids is 1. The minimum Gasteiger partial charge on any atom is -0.348 e. The van der Waals surface area contributed by atoms with E-state index in [0.717, 1.165) is 12.5 Å². The molecule has 0 unspecified atom stereocenters. The van der Waals surface area contributed by atoms with Crippen molar-refractivity contribution in [2.24, 2.45) is 5.92 Å². The van der Waals surface area contributed by atoms with E-state index in [1.54, 1.807) is 6.41 Å². The van der Waals surface area contributed by atoms with Crippen LogP contribution in [0.3, 0.4) is 0 Å². The molecule has 1 aliphatic rings. The molecule has 63 valence electrons. The highest BCUT2D eigenvalue weighted by atomic mass is 16.1. The fourth-order valence-electron chi connectivity index (χ4n) is 1.75. The van der Waals surface area contributed by atoms with Gasteiger partial charge in [-0.2, -0.15) is 0 Å². The Morgan fingerprint density at radius 3 is 2.36 bits per heavy atom. The van der Waals surface area contributed by atoms with Gasteiger partial charge in [0.25, 0.3) is 0 Å². The third kappa shape index (κ3) is 3.40. The van der Waals surface area contributed by atoms with Crippen LogP contribution in [0.2, 0.25) is 0 Å². The molecular formula is C9H16NO. The van der Waals surface area contributed by atoms with Crippen molar-refractivity contribution in [2.45, 2.75) is 38.5 Å². The topological polar surface area (TPSA) is 29.1 Å². The number of hydrogen-bond donors (Lipinski definition) is 1. The summed E-state index contributed by atoms with van der Waals surface area (Å²) >= 11 is 0. The minimum absolute atomic E-state index is 0.721. The van der Waals surface area contributed by atoms with Crippen LogP contribution in [0.5, 0.6) is 0 Å². The van der Waals surface area contributed by atoms with E-state index in [0.29, 0.717) is 0 Å². The Labute approximate surface area is 68.4 Å². The van der Waals surface area contributed by atoms with Crippen LogP contribution in [-0.4, -0.2) is 13.0 Å². The Morgan fingerprint density at radius 1 is 1.18 bits per heavy atom. The van der Waals surface area contributed by atoms with E-state index in [2.05, 4.69) is 5.32 Å². The summed E-state index contributed by atoms with van der Waals surface area (Å²) in [6.07, 6.45) is 9.74. The van der Waals surface area contributed by atoms with Gasteiger partial charge in [-0.15, -0.1) is 0 Å². The Hall–Kier alpha value is -0.530. The average Bonchev–Trinajstić information content (AvgIpc) is 2.28. The molecule has 1 fully saturated rings. The van der Waals surface area contributed by atoms with Crippen LogP contribution in [0.4, 0.5) is 0 Å². The average molecular weight is 154 g/mol. The van der Waals surface area contributed by atoms with Crippen molar-refractivity contribution in [3.63, 3.8) is 0 Å². The van der Waals surface area contributed by atoms with Gasteiger partial charge in [0.2, 0.25) is 0 Å². The highest BCUT2D eigenvalue weighted by Gasteiger charge is 2.10. The van der Waals surface area contributed by atoms with Crippen molar-refractivity contribution in [3.05, 3.63) is 0 Å². The molecule has 1 rings (SSSR count). The largest absolute Gasteiger partial charge is 0.348 e. The molecule has 0 aromatic carbocycles. The predicted octanol–water partition coefficient (Wildman–Crippen LogP) is 1.61. The minimum atomic E-state index is 0.721. The molecular weight excluding hydrogens is 138 g/mol. The summed E-state index contributed by atoms with van der Waals surface area (Å²) in [5, 5.41) is 2.64. The lowest BCUT2D eigenvalue weighted by atomic mass is 10.0. The molecule has 0 aromatic heterocycles. The molecule has 0 spiro atoms. The zero-order chi connectivity index (χ0) is 7.94. The van der Waals surface area contributed by atoms with Crippen LogP contribution < -0.4 is 5.32 Å². The summed E-state index contributed by atoms with van der Waals surface area (Å²) < 4.78 is 0. The van der Waals surface area contributed by atoms with E-state index in [-0.39, 0.29) is 0 Å². The highest BCUT2D eigenvalue weighted by molar-refractivity contribution is 5.46. The van der Waals surface area contributed by atoms with Crippen molar-refractivity contribution >= 4 is 6.41 Å². The van der Waals surface area contributed by atoms with Gasteiger partial charge in [0, 0.05) is 6.54 Å². The second-order valence-corrected chi connectivity index (χ2v) is 3.34. The molecule has 1 aliphatic carbocycles. The summed E-state index contributed by atoms with van der Waals surface area (Å²) in [5.74, 6) is 0.721. The van der Waals surface area contributed by atoms with Gasteiger partial charge in [0.15, 0.2) is 0 Å². The maximum atomic E-state index is 9.90. The number of nitrogens with one attached hydrogen (secondary N) is 1. The Kier molecular flexibility index (Phi) is 4.02. The molecule has 0 bridgehead atoms. The Balaban J connectivity index is 2.14. The van der Waals surface area contributed by atoms with Gasteiger partial charge in [0.05, 0.1) is 0 Å². The number of rotatable bonds is 3. The normalized spacial score (nSPS) is 20.7. The summed E-state index contributed by atoms with van der Waals surface area (Å²) in [5.41, 5.74) is 0. The molecule has 0 saturated heterocycles. The molecule has 1 N–H and O–H groups in total. The van der Waals surface area contributed by atoms with Gasteiger partial charge in [-0.1, -0.05) is 25.7 Å². The first kappa shape index (κ1) is 8.57. The fraction of sp³-hybridized carbons (Fsp3) is 0.889. The molecule has 0 atom stereocenters. The van der Waals surface area contributed by atoms with E-state index >= 15 is 0 Å². The zero-order valence-electron chi connectivity index (χ0n) is 6.94. The van der Waals surface area contributed by atoms with E-state index in [1.807, 2.05) is 0 Å². The van der Waals surface area contributed by atoms with Crippen molar-refractivity contribution in [3.8, 4) is 0 Å². The molecule has 11 heavy (non-hydrogen) atoms. The predicted molar refractivity (Wildman–Crippen MR) is 44.9 cm³/mol. The van der Waals surface area contributed by atoms with Crippen LogP contribution in [0.15, 0.2) is 0 Å². The third-order valence-electron chi connectivity index (χ3n) is 2.44. The summed E-state index contributed by atoms with van der Waals surface area (Å²) in [4.78, 5) is 9.90. The first-order valence-corrected chi connectivity index (χ1v) is 4.53. The van der Waals surface area contributed by atoms with E-state index in [9.17, 15) is 4.79 Å². The van der Waals surface area contributed by atoms with Gasteiger partial charge in [-0.05, 0) is 18.8 Å². The Bertz CT molecular complexity index is 106. The van der Waals surface area contributed by atoms with Crippen LogP contribution in [0.1, 0.15) is 38.5 Å². The van der Waals surface area contributed by atoms with Crippen molar-refractivity contribution < 1.29 is 4.79 Å². The van der Waals surface area contributed by atoms with Gasteiger partial charge in [-0.3, -0.25) is 4.79 Å². The molecule has 0 aliphatic heterocycles. The van der Waals surface area contributed by atoms with E-state index < -0.39 is 0 Å². The molecule has 2 heteroatoms. The van der Waals surface area contributed by atoms with Crippen molar-refractivity contribution in [1.82, 2.24) is 5.32 Å². The van der Waals surface area contributed by atoms with Gasteiger partial charge < -0.3 is 5.32 Å². The summed E-state index contributed by atoms with van der Waals surface area (Å²) in [7, 11) is 0. The summed E-state index contributed by atoms with van der Waals surface area (Å²) in [6.45, 7) is 0.837. The van der Waals surface area contributed by atoms with Crippen molar-refractivity contribution in [2.75, 3.05) is 6.54 Å². The highest BCUT2D eigenvalue weighted by Crippen LogP contribution is 2.21. The smallest absolute Gasteiger partial charge is 0.309 e. The lowest BCUT2D eigenvalue weighted by molar-refractivity contribution is 0.444. The number of hydrogen-bond acceptors (Lipinski definition) is 1. The van der Waals surface area contributed by atoms with Crippen LogP contribution in [0, 0.1) is 5.92 Å². The SMILES string of the molecule is O=[C]NCC1CCCCCC1. The van der Waals surface area contributed by atoms with Gasteiger partial charge in [-0.25, -0.2) is 0 Å². The lowest BCUT2D eigenvalue weighted by Crippen LogP contribution is -2.20. The maximum absolute atomic E-state index is 9.90. The zero-order valence-corrected chi connectivity index (χ0v) is 6.94. The molecule has 0 aromatic rings. The fourth-order valence-corrected chi connectivity index (χ4v) is 1.75. The quantitative estimate of drug-likeness (QED) is 0.485. The number of amides is 1. The van der Waals surface area contributed by atoms with E-state index in [1.165, 1.54) is 38.5 Å².